The van der Waals surface area contributed by atoms with Gasteiger partial charge < -0.3 is 15.4 Å². The van der Waals surface area contributed by atoms with Crippen LogP contribution in [-0.4, -0.2) is 27.7 Å². The SMILES string of the molecule is O=C(O)NCCc1cnc[nH]1.[HH]. The molecule has 0 saturated carbocycles. The van der Waals surface area contributed by atoms with E-state index in [4.69, 9.17) is 5.11 Å². The van der Waals surface area contributed by atoms with Crippen molar-refractivity contribution in [3.05, 3.63) is 18.2 Å². The molecule has 0 aliphatic carbocycles. The average Bonchev–Trinajstić information content (AvgIpc) is 2.39. The van der Waals surface area contributed by atoms with Gasteiger partial charge in [-0.25, -0.2) is 9.78 Å². The lowest BCUT2D eigenvalue weighted by atomic mass is 10.3. The Morgan fingerprint density at radius 2 is 2.73 bits per heavy atom. The molecule has 1 amide bonds. The van der Waals surface area contributed by atoms with Crippen LogP contribution in [0.5, 0.6) is 0 Å². The number of H-pyrrole nitrogens is 1. The Morgan fingerprint density at radius 1 is 1.91 bits per heavy atom. The van der Waals surface area contributed by atoms with Crippen LogP contribution in [0.4, 0.5) is 4.79 Å². The van der Waals surface area contributed by atoms with Crippen LogP contribution in [-0.2, 0) is 6.42 Å². The number of carbonyl (C=O) groups is 1. The fraction of sp³-hybridized carbons (Fsp3) is 0.333. The van der Waals surface area contributed by atoms with Crippen molar-refractivity contribution in [2.24, 2.45) is 0 Å². The van der Waals surface area contributed by atoms with E-state index in [1.807, 2.05) is 0 Å². The summed E-state index contributed by atoms with van der Waals surface area (Å²) in [5, 5.41) is 10.5. The third-order valence-electron chi connectivity index (χ3n) is 1.23. The van der Waals surface area contributed by atoms with Gasteiger partial charge in [0.1, 0.15) is 0 Å². The Bertz CT molecular complexity index is 225. The normalized spacial score (nSPS) is 9.45. The first-order valence-corrected chi connectivity index (χ1v) is 3.23. The number of hydrogen-bond acceptors (Lipinski definition) is 2. The van der Waals surface area contributed by atoms with Gasteiger partial charge >= 0.3 is 6.09 Å². The third kappa shape index (κ3) is 2.70. The molecule has 0 aliphatic heterocycles. The highest BCUT2D eigenvalue weighted by Crippen LogP contribution is 1.89. The second kappa shape index (κ2) is 3.60. The van der Waals surface area contributed by atoms with E-state index in [1.165, 1.54) is 0 Å². The summed E-state index contributed by atoms with van der Waals surface area (Å²) in [5.41, 5.74) is 0.929. The van der Waals surface area contributed by atoms with Gasteiger partial charge in [-0.2, -0.15) is 0 Å². The van der Waals surface area contributed by atoms with Crippen molar-refractivity contribution in [2.75, 3.05) is 6.54 Å². The quantitative estimate of drug-likeness (QED) is 0.596. The van der Waals surface area contributed by atoms with Crippen molar-refractivity contribution in [2.45, 2.75) is 6.42 Å². The molecule has 5 nitrogen and oxygen atoms in total. The maximum atomic E-state index is 9.99. The second-order valence-corrected chi connectivity index (χ2v) is 2.06. The maximum absolute atomic E-state index is 9.99. The highest BCUT2D eigenvalue weighted by Gasteiger charge is 1.95. The minimum atomic E-state index is -0.996. The smallest absolute Gasteiger partial charge is 0.404 e. The molecule has 1 aromatic rings. The van der Waals surface area contributed by atoms with E-state index in [2.05, 4.69) is 15.3 Å². The molecule has 5 heteroatoms. The molecule has 0 atom stereocenters. The molecule has 0 fully saturated rings. The lowest BCUT2D eigenvalue weighted by molar-refractivity contribution is 0.194. The summed E-state index contributed by atoms with van der Waals surface area (Å²) in [6.07, 6.45) is 2.89. The number of aromatic amines is 1. The number of hydrogen-bond donors (Lipinski definition) is 3. The van der Waals surface area contributed by atoms with Gasteiger partial charge in [0.15, 0.2) is 0 Å². The van der Waals surface area contributed by atoms with Gasteiger partial charge in [-0.3, -0.25) is 0 Å². The minimum absolute atomic E-state index is 0. The molecule has 1 rings (SSSR count). The average molecular weight is 157 g/mol. The maximum Gasteiger partial charge on any atom is 0.404 e. The fourth-order valence-electron chi connectivity index (χ4n) is 0.726. The van der Waals surface area contributed by atoms with Crippen LogP contribution in [0.25, 0.3) is 0 Å². The molecule has 0 spiro atoms. The largest absolute Gasteiger partial charge is 0.465 e. The van der Waals surface area contributed by atoms with Crippen molar-refractivity contribution < 1.29 is 11.3 Å². The first kappa shape index (κ1) is 7.59. The van der Waals surface area contributed by atoms with Crippen molar-refractivity contribution in [3.8, 4) is 0 Å². The summed E-state index contributed by atoms with van der Waals surface area (Å²) >= 11 is 0. The molecule has 0 radical (unpaired) electrons. The molecular weight excluding hydrogens is 146 g/mol. The number of imidazole rings is 1. The van der Waals surface area contributed by atoms with E-state index in [-0.39, 0.29) is 1.43 Å². The molecular formula is C6H11N3O2. The number of nitrogens with zero attached hydrogens (tertiary/aromatic N) is 1. The number of amides is 1. The molecule has 0 unspecified atom stereocenters. The van der Waals surface area contributed by atoms with E-state index >= 15 is 0 Å². The summed E-state index contributed by atoms with van der Waals surface area (Å²) in [6.45, 7) is 0.414. The lowest BCUT2D eigenvalue weighted by Gasteiger charge is -1.96. The van der Waals surface area contributed by atoms with Crippen LogP contribution in [0.3, 0.4) is 0 Å². The van der Waals surface area contributed by atoms with Crippen LogP contribution in [0.1, 0.15) is 7.12 Å². The highest BCUT2D eigenvalue weighted by molar-refractivity contribution is 5.64. The number of aromatic nitrogens is 2. The minimum Gasteiger partial charge on any atom is -0.465 e. The zero-order valence-electron chi connectivity index (χ0n) is 5.87. The van der Waals surface area contributed by atoms with E-state index in [9.17, 15) is 4.79 Å². The Balaban J connectivity index is 0.00000121. The predicted octanol–water partition coefficient (Wildman–Crippen LogP) is 0.466. The van der Waals surface area contributed by atoms with E-state index < -0.39 is 6.09 Å². The molecule has 1 aromatic heterocycles. The zero-order valence-corrected chi connectivity index (χ0v) is 5.87. The van der Waals surface area contributed by atoms with Crippen LogP contribution in [0, 0.1) is 0 Å². The number of carboxylic acid groups (broad SMARTS) is 1. The number of rotatable bonds is 3. The highest BCUT2D eigenvalue weighted by atomic mass is 16.4. The standard InChI is InChI=1S/C6H9N3O2.H2/c10-6(11)8-2-1-5-3-7-4-9-5;/h3-4,8H,1-2H2,(H,7,9)(H,10,11);1H. The van der Waals surface area contributed by atoms with Crippen LogP contribution in [0.2, 0.25) is 0 Å². The predicted molar refractivity (Wildman–Crippen MR) is 40.4 cm³/mol. The summed E-state index contributed by atoms with van der Waals surface area (Å²) in [7, 11) is 0. The monoisotopic (exact) mass is 157 g/mol. The topological polar surface area (TPSA) is 78.0 Å². The Morgan fingerprint density at radius 3 is 3.27 bits per heavy atom. The van der Waals surface area contributed by atoms with Crippen molar-refractivity contribution >= 4 is 6.09 Å². The van der Waals surface area contributed by atoms with Gasteiger partial charge in [-0.1, -0.05) is 0 Å². The first-order chi connectivity index (χ1) is 5.29. The third-order valence-corrected chi connectivity index (χ3v) is 1.23. The summed E-state index contributed by atoms with van der Waals surface area (Å²) in [6, 6.07) is 0. The van der Waals surface area contributed by atoms with Gasteiger partial charge in [-0.15, -0.1) is 0 Å². The van der Waals surface area contributed by atoms with Gasteiger partial charge in [0.25, 0.3) is 0 Å². The Labute approximate surface area is 64.9 Å². The van der Waals surface area contributed by atoms with Gasteiger partial charge in [0.05, 0.1) is 6.33 Å². The summed E-state index contributed by atoms with van der Waals surface area (Å²) < 4.78 is 0. The molecule has 0 saturated heterocycles. The fourth-order valence-corrected chi connectivity index (χ4v) is 0.726. The van der Waals surface area contributed by atoms with E-state index in [0.29, 0.717) is 13.0 Å². The van der Waals surface area contributed by atoms with Crippen molar-refractivity contribution in [1.29, 1.82) is 0 Å². The number of nitrogens with one attached hydrogen (secondary N) is 2. The van der Waals surface area contributed by atoms with Crippen molar-refractivity contribution in [1.82, 2.24) is 15.3 Å². The molecule has 62 valence electrons. The van der Waals surface area contributed by atoms with Gasteiger partial charge in [0.2, 0.25) is 0 Å². The van der Waals surface area contributed by atoms with Crippen LogP contribution < -0.4 is 5.32 Å². The van der Waals surface area contributed by atoms with E-state index in [0.717, 1.165) is 5.69 Å². The van der Waals surface area contributed by atoms with Crippen molar-refractivity contribution in [3.63, 3.8) is 0 Å². The first-order valence-electron chi connectivity index (χ1n) is 3.23. The van der Waals surface area contributed by atoms with Gasteiger partial charge in [-0.05, 0) is 0 Å². The Hall–Kier alpha value is -1.52. The van der Waals surface area contributed by atoms with E-state index in [1.54, 1.807) is 12.5 Å². The molecule has 0 aromatic carbocycles. The van der Waals surface area contributed by atoms with Crippen LogP contribution >= 0.6 is 0 Å². The molecule has 3 N–H and O–H groups in total. The molecule has 0 aliphatic rings. The molecule has 1 heterocycles. The van der Waals surface area contributed by atoms with Gasteiger partial charge in [0, 0.05) is 26.3 Å². The van der Waals surface area contributed by atoms with Crippen LogP contribution in [0.15, 0.2) is 12.5 Å². The summed E-state index contributed by atoms with van der Waals surface area (Å²) in [4.78, 5) is 16.6. The zero-order chi connectivity index (χ0) is 8.10. The second-order valence-electron chi connectivity index (χ2n) is 2.06. The lowest BCUT2D eigenvalue weighted by Crippen LogP contribution is -2.23. The Kier molecular flexibility index (Phi) is 2.48. The molecule has 0 bridgehead atoms. The molecule has 11 heavy (non-hydrogen) atoms. The summed E-state index contributed by atoms with van der Waals surface area (Å²) in [5.74, 6) is 0.